The summed E-state index contributed by atoms with van der Waals surface area (Å²) in [7, 11) is -3.31. The van der Waals surface area contributed by atoms with E-state index < -0.39 is 10.0 Å². The van der Waals surface area contributed by atoms with Crippen LogP contribution in [-0.4, -0.2) is 62.7 Å². The lowest BCUT2D eigenvalue weighted by Gasteiger charge is -2.33. The Hall–Kier alpha value is -3.56. The summed E-state index contributed by atoms with van der Waals surface area (Å²) < 4.78 is 31.0. The minimum Gasteiger partial charge on any atom is -0.457 e. The summed E-state index contributed by atoms with van der Waals surface area (Å²) in [4.78, 5) is 17.1. The van der Waals surface area contributed by atoms with Crippen LogP contribution in [0.15, 0.2) is 78.9 Å². The Morgan fingerprint density at radius 1 is 0.923 bits per heavy atom. The molecule has 0 bridgehead atoms. The number of carbonyl (C=O) groups is 1. The monoisotopic (exact) mass is 550 g/mol. The molecule has 1 aliphatic rings. The van der Waals surface area contributed by atoms with E-state index in [2.05, 4.69) is 39.2 Å². The fraction of sp³-hybridized carbons (Fsp3) is 0.367. The molecule has 1 saturated heterocycles. The smallest absolute Gasteiger partial charge is 0.317 e. The van der Waals surface area contributed by atoms with Gasteiger partial charge in [-0.15, -0.1) is 0 Å². The lowest BCUT2D eigenvalue weighted by molar-refractivity contribution is 0.170. The van der Waals surface area contributed by atoms with Gasteiger partial charge in [0.2, 0.25) is 10.0 Å². The molecule has 2 N–H and O–H groups in total. The molecule has 2 amide bonds. The van der Waals surface area contributed by atoms with Gasteiger partial charge in [-0.3, -0.25) is 9.62 Å². The maximum absolute atomic E-state index is 12.8. The van der Waals surface area contributed by atoms with Crippen LogP contribution in [0.1, 0.15) is 30.9 Å². The van der Waals surface area contributed by atoms with E-state index in [4.69, 9.17) is 4.74 Å². The summed E-state index contributed by atoms with van der Waals surface area (Å²) in [6.45, 7) is 6.17. The highest BCUT2D eigenvalue weighted by molar-refractivity contribution is 7.92. The molecule has 0 atom stereocenters. The molecule has 0 saturated carbocycles. The molecule has 8 nitrogen and oxygen atoms in total. The quantitative estimate of drug-likeness (QED) is 0.347. The molecule has 1 aliphatic heterocycles. The molecule has 0 unspecified atom stereocenters. The number of nitrogens with one attached hydrogen (secondary N) is 2. The third-order valence-corrected chi connectivity index (χ3v) is 7.43. The van der Waals surface area contributed by atoms with Gasteiger partial charge in [-0.05, 0) is 73.7 Å². The van der Waals surface area contributed by atoms with Crippen molar-refractivity contribution in [1.29, 1.82) is 0 Å². The summed E-state index contributed by atoms with van der Waals surface area (Å²) in [6, 6.07) is 25.3. The number of likely N-dealkylation sites (N-methyl/N-ethyl adjacent to an activating group) is 1. The molecule has 1 heterocycles. The molecule has 3 aromatic carbocycles. The number of nitrogens with zero attached hydrogens (tertiary/aromatic N) is 2. The van der Waals surface area contributed by atoms with Gasteiger partial charge in [0.1, 0.15) is 11.5 Å². The van der Waals surface area contributed by atoms with E-state index >= 15 is 0 Å². The third kappa shape index (κ3) is 9.30. The first-order chi connectivity index (χ1) is 18.8. The minimum absolute atomic E-state index is 0.0313. The highest BCUT2D eigenvalue weighted by atomic mass is 32.2. The first kappa shape index (κ1) is 28.4. The van der Waals surface area contributed by atoms with Crippen molar-refractivity contribution >= 4 is 21.7 Å². The van der Waals surface area contributed by atoms with Gasteiger partial charge in [0.05, 0.1) is 6.26 Å². The van der Waals surface area contributed by atoms with Gasteiger partial charge in [0, 0.05) is 44.5 Å². The second kappa shape index (κ2) is 13.5. The fourth-order valence-corrected chi connectivity index (χ4v) is 5.24. The molecule has 0 aliphatic carbocycles. The van der Waals surface area contributed by atoms with Crippen molar-refractivity contribution in [3.8, 4) is 11.5 Å². The van der Waals surface area contributed by atoms with Crippen LogP contribution in [0.25, 0.3) is 0 Å². The molecule has 208 valence electrons. The van der Waals surface area contributed by atoms with Gasteiger partial charge in [-0.25, -0.2) is 13.2 Å². The number of piperidine rings is 1. The van der Waals surface area contributed by atoms with Crippen molar-refractivity contribution in [2.45, 2.75) is 38.8 Å². The molecule has 0 spiro atoms. The Bertz CT molecular complexity index is 1290. The Balaban J connectivity index is 1.19. The molecule has 9 heteroatoms. The van der Waals surface area contributed by atoms with E-state index in [-0.39, 0.29) is 12.1 Å². The van der Waals surface area contributed by atoms with Crippen LogP contribution in [0, 0.1) is 0 Å². The zero-order chi connectivity index (χ0) is 27.7. The summed E-state index contributed by atoms with van der Waals surface area (Å²) in [6.07, 6.45) is 3.86. The van der Waals surface area contributed by atoms with Crippen LogP contribution < -0.4 is 14.8 Å². The van der Waals surface area contributed by atoms with E-state index in [0.717, 1.165) is 57.4 Å². The second-order valence-electron chi connectivity index (χ2n) is 9.96. The highest BCUT2D eigenvalue weighted by Crippen LogP contribution is 2.24. The number of amides is 2. The van der Waals surface area contributed by atoms with Gasteiger partial charge in [0.25, 0.3) is 0 Å². The Morgan fingerprint density at radius 3 is 2.13 bits per heavy atom. The number of rotatable bonds is 11. The fourth-order valence-electron chi connectivity index (χ4n) is 4.68. The van der Waals surface area contributed by atoms with Crippen molar-refractivity contribution < 1.29 is 17.9 Å². The molecule has 39 heavy (non-hydrogen) atoms. The van der Waals surface area contributed by atoms with Crippen molar-refractivity contribution in [1.82, 2.24) is 15.1 Å². The summed E-state index contributed by atoms with van der Waals surface area (Å²) in [5.74, 6) is 1.35. The first-order valence-corrected chi connectivity index (χ1v) is 15.3. The summed E-state index contributed by atoms with van der Waals surface area (Å²) >= 11 is 0. The van der Waals surface area contributed by atoms with Gasteiger partial charge < -0.3 is 15.0 Å². The van der Waals surface area contributed by atoms with E-state index in [1.165, 1.54) is 11.1 Å². The lowest BCUT2D eigenvalue weighted by atomic mass is 10.0. The van der Waals surface area contributed by atoms with Crippen LogP contribution in [-0.2, 0) is 23.0 Å². The lowest BCUT2D eigenvalue weighted by Crippen LogP contribution is -2.49. The van der Waals surface area contributed by atoms with Crippen molar-refractivity contribution in [2.24, 2.45) is 0 Å². The highest BCUT2D eigenvalue weighted by Gasteiger charge is 2.22. The number of hydrogen-bond acceptors (Lipinski definition) is 5. The number of carbonyl (C=O) groups excluding carboxylic acids is 1. The molecule has 3 aromatic rings. The van der Waals surface area contributed by atoms with E-state index in [1.807, 2.05) is 42.2 Å². The maximum atomic E-state index is 12.8. The number of anilines is 1. The van der Waals surface area contributed by atoms with Crippen LogP contribution in [0.4, 0.5) is 10.5 Å². The minimum atomic E-state index is -3.31. The molecule has 0 radical (unpaired) electrons. The van der Waals surface area contributed by atoms with Gasteiger partial charge in [-0.2, -0.15) is 0 Å². The third-order valence-electron chi connectivity index (χ3n) is 6.82. The number of hydrogen-bond donors (Lipinski definition) is 2. The van der Waals surface area contributed by atoms with E-state index in [9.17, 15) is 13.2 Å². The van der Waals surface area contributed by atoms with Gasteiger partial charge in [0.15, 0.2) is 0 Å². The average molecular weight is 551 g/mol. The number of sulfonamides is 1. The molecular weight excluding hydrogens is 512 g/mol. The Labute approximate surface area is 232 Å². The summed E-state index contributed by atoms with van der Waals surface area (Å²) in [5.41, 5.74) is 2.94. The number of benzene rings is 3. The largest absolute Gasteiger partial charge is 0.457 e. The van der Waals surface area contributed by atoms with E-state index in [1.54, 1.807) is 24.3 Å². The zero-order valence-corrected chi connectivity index (χ0v) is 23.5. The Morgan fingerprint density at radius 2 is 1.54 bits per heavy atom. The summed E-state index contributed by atoms with van der Waals surface area (Å²) in [5, 5.41) is 3.25. The van der Waals surface area contributed by atoms with Crippen LogP contribution >= 0.6 is 0 Å². The van der Waals surface area contributed by atoms with Gasteiger partial charge >= 0.3 is 6.03 Å². The number of ether oxygens (including phenoxy) is 1. The van der Waals surface area contributed by atoms with Crippen LogP contribution in [0.3, 0.4) is 0 Å². The topological polar surface area (TPSA) is 91.0 Å². The Kier molecular flexibility index (Phi) is 9.84. The molecular formula is C30H38N4O4S. The van der Waals surface area contributed by atoms with Crippen molar-refractivity contribution in [2.75, 3.05) is 37.2 Å². The van der Waals surface area contributed by atoms with Crippen LogP contribution in [0.2, 0.25) is 0 Å². The molecule has 0 aromatic heterocycles. The number of likely N-dealkylation sites (tertiary alicyclic amines) is 1. The van der Waals surface area contributed by atoms with Crippen molar-refractivity contribution in [3.63, 3.8) is 0 Å². The maximum Gasteiger partial charge on any atom is 0.317 e. The van der Waals surface area contributed by atoms with Crippen molar-refractivity contribution in [3.05, 3.63) is 90.0 Å². The standard InChI is InChI=1S/C30H38N4O4S/c1-3-34(22-17-24-7-5-4-6-8-24)30(35)31-26-18-20-33(21-19-26)23-25-9-13-28(14-10-25)38-29-15-11-27(12-16-29)32-39(2,36)37/h4-16,26,32H,3,17-23H2,1-2H3,(H,31,35). The predicted molar refractivity (Wildman–Crippen MR) is 156 cm³/mol. The zero-order valence-electron chi connectivity index (χ0n) is 22.7. The second-order valence-corrected chi connectivity index (χ2v) is 11.7. The average Bonchev–Trinajstić information content (AvgIpc) is 2.92. The predicted octanol–water partition coefficient (Wildman–Crippen LogP) is 5.09. The molecule has 4 rings (SSSR count). The van der Waals surface area contributed by atoms with E-state index in [0.29, 0.717) is 18.0 Å². The number of urea groups is 1. The van der Waals surface area contributed by atoms with Gasteiger partial charge in [-0.1, -0.05) is 42.5 Å². The normalized spacial score (nSPS) is 14.5. The SMILES string of the molecule is CCN(CCc1ccccc1)C(=O)NC1CCN(Cc2ccc(Oc3ccc(NS(C)(=O)=O)cc3)cc2)CC1. The molecule has 1 fully saturated rings. The van der Waals surface area contributed by atoms with Crippen LogP contribution in [0.5, 0.6) is 11.5 Å². The first-order valence-electron chi connectivity index (χ1n) is 13.4.